The summed E-state index contributed by atoms with van der Waals surface area (Å²) in [7, 11) is -2.09. The molecule has 0 atom stereocenters. The lowest BCUT2D eigenvalue weighted by atomic mass is 10.6. The Bertz CT molecular complexity index is 138. The number of hydrogen-bond donors (Lipinski definition) is 0. The second kappa shape index (κ2) is 5.32. The van der Waals surface area contributed by atoms with Crippen molar-refractivity contribution in [1.29, 1.82) is 0 Å². The highest BCUT2D eigenvalue weighted by molar-refractivity contribution is 6.76. The molecular weight excluding hydrogens is 192 g/mol. The van der Waals surface area contributed by atoms with Crippen molar-refractivity contribution < 1.29 is 4.43 Å². The van der Waals surface area contributed by atoms with Gasteiger partial charge < -0.3 is 4.43 Å². The van der Waals surface area contributed by atoms with Gasteiger partial charge in [0.05, 0.1) is 0 Å². The lowest BCUT2D eigenvalue weighted by Crippen LogP contribution is -2.31. The minimum absolute atomic E-state index is 0.813. The Hall–Kier alpha value is 0.394. The van der Waals surface area contributed by atoms with Crippen molar-refractivity contribution in [3.05, 3.63) is 0 Å². The lowest BCUT2D eigenvalue weighted by Gasteiger charge is -2.23. The van der Waals surface area contributed by atoms with E-state index in [0.717, 1.165) is 6.61 Å². The van der Waals surface area contributed by atoms with Gasteiger partial charge in [0.1, 0.15) is 0 Å². The van der Waals surface area contributed by atoms with Crippen LogP contribution in [0.4, 0.5) is 0 Å². The molecule has 0 aromatic rings. The first kappa shape index (κ1) is 13.4. The molecule has 0 fully saturated rings. The quantitative estimate of drug-likeness (QED) is 0.613. The van der Waals surface area contributed by atoms with Gasteiger partial charge in [-0.05, 0) is 26.1 Å². The summed E-state index contributed by atoms with van der Waals surface area (Å²) in [6.45, 7) is 15.0. The molecule has 0 N–H and O–H groups in total. The van der Waals surface area contributed by atoms with Crippen LogP contribution in [0.15, 0.2) is 0 Å². The standard InChI is InChI=1S/C10H26OSi2/c1-7-11-13(5,6)10-8-9-12(2,3)4/h7-10H2,1-6H3. The van der Waals surface area contributed by atoms with Crippen LogP contribution in [0, 0.1) is 0 Å². The van der Waals surface area contributed by atoms with Gasteiger partial charge in [0.25, 0.3) is 0 Å². The molecule has 0 aliphatic rings. The van der Waals surface area contributed by atoms with Crippen LogP contribution < -0.4 is 0 Å². The van der Waals surface area contributed by atoms with Gasteiger partial charge in [0, 0.05) is 14.7 Å². The van der Waals surface area contributed by atoms with E-state index in [4.69, 9.17) is 4.43 Å². The normalized spacial score (nSPS) is 13.4. The van der Waals surface area contributed by atoms with Crippen LogP contribution in [0.1, 0.15) is 13.3 Å². The van der Waals surface area contributed by atoms with Gasteiger partial charge >= 0.3 is 0 Å². The first-order valence-corrected chi connectivity index (χ1v) is 12.2. The summed E-state index contributed by atoms with van der Waals surface area (Å²) in [6, 6.07) is 2.79. The van der Waals surface area contributed by atoms with Crippen LogP contribution >= 0.6 is 0 Å². The van der Waals surface area contributed by atoms with E-state index in [0.29, 0.717) is 0 Å². The fourth-order valence-electron chi connectivity index (χ4n) is 1.51. The Labute approximate surface area is 86.0 Å². The third kappa shape index (κ3) is 8.72. The van der Waals surface area contributed by atoms with E-state index >= 15 is 0 Å². The van der Waals surface area contributed by atoms with Crippen LogP contribution in [-0.2, 0) is 4.43 Å². The van der Waals surface area contributed by atoms with E-state index in [1.54, 1.807) is 0 Å². The minimum Gasteiger partial charge on any atom is -0.418 e. The van der Waals surface area contributed by atoms with Crippen molar-refractivity contribution in [2.24, 2.45) is 0 Å². The van der Waals surface area contributed by atoms with Crippen molar-refractivity contribution in [1.82, 2.24) is 0 Å². The molecule has 13 heavy (non-hydrogen) atoms. The highest BCUT2D eigenvalue weighted by Gasteiger charge is 2.22. The largest absolute Gasteiger partial charge is 0.418 e. The monoisotopic (exact) mass is 218 g/mol. The molecule has 0 aliphatic carbocycles. The van der Waals surface area contributed by atoms with Gasteiger partial charge in [0.15, 0.2) is 8.32 Å². The summed E-state index contributed by atoms with van der Waals surface area (Å²) in [4.78, 5) is 0. The van der Waals surface area contributed by atoms with Crippen molar-refractivity contribution in [2.45, 2.75) is 58.2 Å². The molecule has 0 rings (SSSR count). The van der Waals surface area contributed by atoms with Gasteiger partial charge in [-0.3, -0.25) is 0 Å². The van der Waals surface area contributed by atoms with Crippen molar-refractivity contribution in [3.8, 4) is 0 Å². The van der Waals surface area contributed by atoms with Crippen LogP contribution in [0.2, 0.25) is 44.8 Å². The maximum Gasteiger partial charge on any atom is 0.186 e. The molecule has 0 aromatic heterocycles. The molecular formula is C10H26OSi2. The Kier molecular flexibility index (Phi) is 5.48. The summed E-state index contributed by atoms with van der Waals surface area (Å²) in [5, 5.41) is 0. The molecule has 0 aliphatic heterocycles. The average Bonchev–Trinajstić information content (AvgIpc) is 1.82. The van der Waals surface area contributed by atoms with E-state index < -0.39 is 16.4 Å². The van der Waals surface area contributed by atoms with Gasteiger partial charge in [-0.2, -0.15) is 0 Å². The highest BCUT2D eigenvalue weighted by Crippen LogP contribution is 2.19. The van der Waals surface area contributed by atoms with Gasteiger partial charge in [-0.25, -0.2) is 0 Å². The first-order valence-electron chi connectivity index (χ1n) is 5.41. The predicted molar refractivity (Wildman–Crippen MR) is 66.7 cm³/mol. The molecule has 0 saturated carbocycles. The van der Waals surface area contributed by atoms with Crippen LogP contribution in [0.3, 0.4) is 0 Å². The molecule has 0 unspecified atom stereocenters. The van der Waals surface area contributed by atoms with Crippen molar-refractivity contribution >= 4 is 16.4 Å². The molecule has 0 radical (unpaired) electrons. The summed E-state index contributed by atoms with van der Waals surface area (Å²) in [6.07, 6.45) is 1.38. The van der Waals surface area contributed by atoms with Gasteiger partial charge in [-0.15, -0.1) is 0 Å². The summed E-state index contributed by atoms with van der Waals surface area (Å²) in [5.74, 6) is 0. The third-order valence-corrected chi connectivity index (χ3v) is 6.72. The smallest absolute Gasteiger partial charge is 0.186 e. The Balaban J connectivity index is 3.63. The number of rotatable bonds is 6. The minimum atomic E-state index is -1.28. The van der Waals surface area contributed by atoms with Crippen LogP contribution in [0.5, 0.6) is 0 Å². The summed E-state index contributed by atoms with van der Waals surface area (Å²) in [5.41, 5.74) is 0. The lowest BCUT2D eigenvalue weighted by molar-refractivity contribution is 0.328. The van der Waals surface area contributed by atoms with Crippen molar-refractivity contribution in [3.63, 3.8) is 0 Å². The molecule has 0 aromatic carbocycles. The molecule has 0 amide bonds. The van der Waals surface area contributed by atoms with Gasteiger partial charge in [0.2, 0.25) is 0 Å². The number of hydrogen-bond acceptors (Lipinski definition) is 1. The molecule has 0 spiro atoms. The van der Waals surface area contributed by atoms with Gasteiger partial charge in [-0.1, -0.05) is 32.1 Å². The fraction of sp³-hybridized carbons (Fsp3) is 1.00. The molecule has 0 heterocycles. The van der Waals surface area contributed by atoms with Crippen LogP contribution in [-0.4, -0.2) is 23.0 Å². The Morgan fingerprint density at radius 2 is 1.46 bits per heavy atom. The predicted octanol–water partition coefficient (Wildman–Crippen LogP) is 3.96. The SMILES string of the molecule is CCO[Si](C)(C)CCC[Si](C)(C)C. The van der Waals surface area contributed by atoms with E-state index in [1.165, 1.54) is 18.5 Å². The molecule has 0 saturated heterocycles. The van der Waals surface area contributed by atoms with Crippen molar-refractivity contribution in [2.75, 3.05) is 6.61 Å². The molecule has 1 nitrogen and oxygen atoms in total. The van der Waals surface area contributed by atoms with E-state index in [9.17, 15) is 0 Å². The Morgan fingerprint density at radius 3 is 1.85 bits per heavy atom. The average molecular weight is 218 g/mol. The third-order valence-electron chi connectivity index (χ3n) is 2.24. The van der Waals surface area contributed by atoms with E-state index in [-0.39, 0.29) is 0 Å². The highest BCUT2D eigenvalue weighted by atomic mass is 28.4. The zero-order chi connectivity index (χ0) is 10.5. The Morgan fingerprint density at radius 1 is 0.923 bits per heavy atom. The zero-order valence-corrected chi connectivity index (χ0v) is 12.2. The fourth-order valence-corrected chi connectivity index (χ4v) is 5.05. The summed E-state index contributed by atoms with van der Waals surface area (Å²) < 4.78 is 5.80. The molecule has 3 heteroatoms. The summed E-state index contributed by atoms with van der Waals surface area (Å²) >= 11 is 0. The van der Waals surface area contributed by atoms with E-state index in [2.05, 4.69) is 39.7 Å². The maximum absolute atomic E-state index is 5.80. The maximum atomic E-state index is 5.80. The first-order chi connectivity index (χ1) is 5.77. The zero-order valence-electron chi connectivity index (χ0n) is 10.2. The second-order valence-electron chi connectivity index (χ2n) is 5.61. The topological polar surface area (TPSA) is 9.23 Å². The van der Waals surface area contributed by atoms with Crippen LogP contribution in [0.25, 0.3) is 0 Å². The molecule has 80 valence electrons. The second-order valence-corrected chi connectivity index (χ2v) is 15.5. The molecule has 0 bridgehead atoms. The van der Waals surface area contributed by atoms with E-state index in [1.807, 2.05) is 0 Å².